The van der Waals surface area contributed by atoms with Crippen LogP contribution in [-0.4, -0.2) is 47.8 Å². The van der Waals surface area contributed by atoms with E-state index >= 15 is 0 Å². The molecule has 126 valence electrons. The van der Waals surface area contributed by atoms with E-state index in [2.05, 4.69) is 9.88 Å². The molecule has 3 aliphatic rings. The quantitative estimate of drug-likeness (QED) is 0.835. The zero-order valence-corrected chi connectivity index (χ0v) is 14.0. The summed E-state index contributed by atoms with van der Waals surface area (Å²) in [5.74, 6) is 1.53. The molecule has 2 saturated heterocycles. The lowest BCUT2D eigenvalue weighted by molar-refractivity contribution is -0.0807. The second-order valence-electron chi connectivity index (χ2n) is 7.35. The van der Waals surface area contributed by atoms with Crippen LogP contribution in [0.3, 0.4) is 0 Å². The molecule has 0 aromatic carbocycles. The van der Waals surface area contributed by atoms with Gasteiger partial charge in [-0.3, -0.25) is 4.98 Å². The van der Waals surface area contributed by atoms with Gasteiger partial charge in [-0.05, 0) is 56.6 Å². The third-order valence-corrected chi connectivity index (χ3v) is 6.20. The van der Waals surface area contributed by atoms with Gasteiger partial charge >= 0.3 is 0 Å². The lowest BCUT2D eigenvalue weighted by Gasteiger charge is -2.47. The predicted molar refractivity (Wildman–Crippen MR) is 89.6 cm³/mol. The summed E-state index contributed by atoms with van der Waals surface area (Å²) in [6, 6.07) is 4.78. The van der Waals surface area contributed by atoms with Gasteiger partial charge in [0, 0.05) is 31.9 Å². The van der Waals surface area contributed by atoms with Gasteiger partial charge in [-0.1, -0.05) is 6.42 Å². The fraction of sp³-hybridized carbons (Fsp3) is 0.737. The summed E-state index contributed by atoms with van der Waals surface area (Å²) in [6.07, 6.45) is 12.5. The Balaban J connectivity index is 1.28. The van der Waals surface area contributed by atoms with Crippen LogP contribution in [0.5, 0.6) is 5.75 Å². The standard InChI is InChI=1S/C19H28N2O2/c1-3-17(4-1)21-11-8-19(9-12-21)16(7-14-23-19)6-13-22-18-5-2-10-20-15-18/h2,5,10,15-17H,1,3-4,6-9,11-14H2. The smallest absolute Gasteiger partial charge is 0.137 e. The van der Waals surface area contributed by atoms with Gasteiger partial charge in [0.2, 0.25) is 0 Å². The van der Waals surface area contributed by atoms with Crippen LogP contribution < -0.4 is 4.74 Å². The summed E-state index contributed by atoms with van der Waals surface area (Å²) in [5, 5.41) is 0. The van der Waals surface area contributed by atoms with Crippen LogP contribution >= 0.6 is 0 Å². The number of likely N-dealkylation sites (tertiary alicyclic amines) is 1. The molecule has 3 heterocycles. The van der Waals surface area contributed by atoms with Crippen LogP contribution in [0.1, 0.15) is 44.9 Å². The first-order valence-corrected chi connectivity index (χ1v) is 9.27. The molecule has 3 fully saturated rings. The van der Waals surface area contributed by atoms with Crippen LogP contribution in [0.25, 0.3) is 0 Å². The van der Waals surface area contributed by atoms with Crippen LogP contribution in [0.2, 0.25) is 0 Å². The number of ether oxygens (including phenoxy) is 2. The Morgan fingerprint density at radius 2 is 2.13 bits per heavy atom. The van der Waals surface area contributed by atoms with Crippen molar-refractivity contribution in [1.29, 1.82) is 0 Å². The molecule has 23 heavy (non-hydrogen) atoms. The Hall–Kier alpha value is -1.13. The molecular weight excluding hydrogens is 288 g/mol. The van der Waals surface area contributed by atoms with E-state index in [1.54, 1.807) is 12.4 Å². The maximum absolute atomic E-state index is 6.28. The molecule has 0 radical (unpaired) electrons. The molecule has 1 aromatic rings. The molecule has 1 saturated carbocycles. The van der Waals surface area contributed by atoms with Gasteiger partial charge in [0.25, 0.3) is 0 Å². The highest BCUT2D eigenvalue weighted by Gasteiger charge is 2.46. The molecule has 1 atom stereocenters. The van der Waals surface area contributed by atoms with E-state index < -0.39 is 0 Å². The predicted octanol–water partition coefficient (Wildman–Crippen LogP) is 3.27. The van der Waals surface area contributed by atoms with Gasteiger partial charge in [0.05, 0.1) is 18.4 Å². The van der Waals surface area contributed by atoms with Crippen molar-refractivity contribution >= 4 is 0 Å². The molecule has 0 bridgehead atoms. The van der Waals surface area contributed by atoms with Gasteiger partial charge in [0.1, 0.15) is 5.75 Å². The first-order chi connectivity index (χ1) is 11.4. The number of nitrogens with zero attached hydrogens (tertiary/aromatic N) is 2. The van der Waals surface area contributed by atoms with Crippen molar-refractivity contribution in [3.63, 3.8) is 0 Å². The minimum absolute atomic E-state index is 0.137. The lowest BCUT2D eigenvalue weighted by Crippen LogP contribution is -2.52. The van der Waals surface area contributed by atoms with E-state index in [9.17, 15) is 0 Å². The van der Waals surface area contributed by atoms with E-state index in [0.29, 0.717) is 5.92 Å². The topological polar surface area (TPSA) is 34.6 Å². The summed E-state index contributed by atoms with van der Waals surface area (Å²) in [6.45, 7) is 4.16. The highest BCUT2D eigenvalue weighted by molar-refractivity contribution is 5.15. The van der Waals surface area contributed by atoms with Gasteiger partial charge in [-0.15, -0.1) is 0 Å². The molecule has 1 spiro atoms. The number of pyridine rings is 1. The first-order valence-electron chi connectivity index (χ1n) is 9.27. The number of aromatic nitrogens is 1. The fourth-order valence-corrected chi connectivity index (χ4v) is 4.52. The highest BCUT2D eigenvalue weighted by atomic mass is 16.5. The molecule has 4 rings (SSSR count). The van der Waals surface area contributed by atoms with Crippen molar-refractivity contribution in [1.82, 2.24) is 9.88 Å². The van der Waals surface area contributed by atoms with Crippen LogP contribution in [-0.2, 0) is 4.74 Å². The second-order valence-corrected chi connectivity index (χ2v) is 7.35. The van der Waals surface area contributed by atoms with Crippen molar-refractivity contribution < 1.29 is 9.47 Å². The van der Waals surface area contributed by atoms with E-state index in [0.717, 1.165) is 31.4 Å². The Kier molecular flexibility index (Phi) is 4.54. The Morgan fingerprint density at radius 1 is 1.26 bits per heavy atom. The first kappa shape index (κ1) is 15.4. The minimum Gasteiger partial charge on any atom is -0.492 e. The summed E-state index contributed by atoms with van der Waals surface area (Å²) in [4.78, 5) is 6.81. The van der Waals surface area contributed by atoms with Gasteiger partial charge in [-0.2, -0.15) is 0 Å². The van der Waals surface area contributed by atoms with E-state index in [1.165, 1.54) is 51.6 Å². The van der Waals surface area contributed by atoms with Crippen molar-refractivity contribution in [3.05, 3.63) is 24.5 Å². The maximum Gasteiger partial charge on any atom is 0.137 e. The zero-order chi connectivity index (χ0) is 15.5. The molecule has 1 unspecified atom stereocenters. The molecule has 4 heteroatoms. The third kappa shape index (κ3) is 3.24. The zero-order valence-electron chi connectivity index (χ0n) is 14.0. The van der Waals surface area contributed by atoms with Crippen molar-refractivity contribution in [3.8, 4) is 5.75 Å². The van der Waals surface area contributed by atoms with Crippen LogP contribution in [0.4, 0.5) is 0 Å². The average molecular weight is 316 g/mol. The SMILES string of the molecule is c1cncc(OCCC2CCOC23CCN(C2CCC2)CC3)c1. The average Bonchev–Trinajstić information content (AvgIpc) is 2.92. The fourth-order valence-electron chi connectivity index (χ4n) is 4.52. The van der Waals surface area contributed by atoms with Crippen LogP contribution in [0.15, 0.2) is 24.5 Å². The van der Waals surface area contributed by atoms with Gasteiger partial charge in [0.15, 0.2) is 0 Å². The Labute approximate surface area is 139 Å². The van der Waals surface area contributed by atoms with E-state index in [-0.39, 0.29) is 5.60 Å². The van der Waals surface area contributed by atoms with E-state index in [1.807, 2.05) is 12.1 Å². The summed E-state index contributed by atoms with van der Waals surface area (Å²) >= 11 is 0. The molecule has 1 aromatic heterocycles. The Bertz CT molecular complexity index is 495. The molecule has 1 aliphatic carbocycles. The molecule has 2 aliphatic heterocycles. The summed E-state index contributed by atoms with van der Waals surface area (Å²) in [7, 11) is 0. The van der Waals surface area contributed by atoms with Crippen molar-refractivity contribution in [2.45, 2.75) is 56.6 Å². The summed E-state index contributed by atoms with van der Waals surface area (Å²) in [5.41, 5.74) is 0.137. The normalized spacial score (nSPS) is 27.9. The minimum atomic E-state index is 0.137. The molecule has 4 nitrogen and oxygen atoms in total. The Morgan fingerprint density at radius 3 is 2.83 bits per heavy atom. The number of hydrogen-bond acceptors (Lipinski definition) is 4. The molecule has 0 N–H and O–H groups in total. The van der Waals surface area contributed by atoms with E-state index in [4.69, 9.17) is 9.47 Å². The molecular formula is C19H28N2O2. The highest BCUT2D eigenvalue weighted by Crippen LogP contribution is 2.43. The monoisotopic (exact) mass is 316 g/mol. The number of piperidine rings is 1. The largest absolute Gasteiger partial charge is 0.492 e. The number of hydrogen-bond donors (Lipinski definition) is 0. The van der Waals surface area contributed by atoms with Crippen LogP contribution in [0, 0.1) is 5.92 Å². The molecule has 0 amide bonds. The third-order valence-electron chi connectivity index (χ3n) is 6.20. The van der Waals surface area contributed by atoms with Gasteiger partial charge in [-0.25, -0.2) is 0 Å². The second kappa shape index (κ2) is 6.78. The lowest BCUT2D eigenvalue weighted by atomic mass is 9.77. The summed E-state index contributed by atoms with van der Waals surface area (Å²) < 4.78 is 12.1. The van der Waals surface area contributed by atoms with Crippen molar-refractivity contribution in [2.75, 3.05) is 26.3 Å². The number of rotatable bonds is 5. The maximum atomic E-state index is 6.28. The van der Waals surface area contributed by atoms with Crippen molar-refractivity contribution in [2.24, 2.45) is 5.92 Å². The van der Waals surface area contributed by atoms with Gasteiger partial charge < -0.3 is 14.4 Å².